The fourth-order valence-corrected chi connectivity index (χ4v) is 1.69. The van der Waals surface area contributed by atoms with Crippen molar-refractivity contribution in [3.8, 4) is 11.5 Å². The number of alkyl halides is 1. The van der Waals surface area contributed by atoms with Crippen molar-refractivity contribution in [1.29, 1.82) is 0 Å². The first kappa shape index (κ1) is 11.8. The average Bonchev–Trinajstić information content (AvgIpc) is 2.78. The van der Waals surface area contributed by atoms with E-state index in [2.05, 4.69) is 49.0 Å². The van der Waals surface area contributed by atoms with Crippen LogP contribution < -0.4 is 0 Å². The molecule has 0 aliphatic heterocycles. The molecule has 1 heterocycles. The zero-order valence-corrected chi connectivity index (χ0v) is 11.8. The number of hydrogen-bond donors (Lipinski definition) is 0. The van der Waals surface area contributed by atoms with E-state index in [9.17, 15) is 0 Å². The smallest absolute Gasteiger partial charge is 0.247 e. The van der Waals surface area contributed by atoms with Gasteiger partial charge in [0.05, 0.1) is 4.83 Å². The van der Waals surface area contributed by atoms with Crippen LogP contribution in [-0.2, 0) is 0 Å². The highest BCUT2D eigenvalue weighted by atomic mass is 79.9. The largest absolute Gasteiger partial charge is 0.419 e. The van der Waals surface area contributed by atoms with Crippen LogP contribution >= 0.6 is 31.9 Å². The Morgan fingerprint density at radius 3 is 2.56 bits per heavy atom. The first-order valence-electron chi connectivity index (χ1n) is 4.94. The maximum Gasteiger partial charge on any atom is 0.247 e. The Bertz CT molecular complexity index is 467. The van der Waals surface area contributed by atoms with Gasteiger partial charge >= 0.3 is 0 Å². The van der Waals surface area contributed by atoms with Crippen molar-refractivity contribution >= 4 is 31.9 Å². The summed E-state index contributed by atoms with van der Waals surface area (Å²) in [5, 5.41) is 8.03. The summed E-state index contributed by atoms with van der Waals surface area (Å²) in [5.41, 5.74) is 0.928. The van der Waals surface area contributed by atoms with E-state index in [-0.39, 0.29) is 4.83 Å². The lowest BCUT2D eigenvalue weighted by Gasteiger charge is -1.98. The molecule has 2 aromatic rings. The number of benzene rings is 1. The van der Waals surface area contributed by atoms with Gasteiger partial charge < -0.3 is 4.42 Å². The molecular weight excluding hydrogens is 336 g/mol. The van der Waals surface area contributed by atoms with Gasteiger partial charge in [0.25, 0.3) is 0 Å². The highest BCUT2D eigenvalue weighted by Gasteiger charge is 2.14. The second-order valence-electron chi connectivity index (χ2n) is 3.33. The standard InChI is InChI=1S/C11H10Br2N2O/c1-2-9(13)11-15-14-10(16-11)7-3-5-8(12)6-4-7/h3-6,9H,2H2,1H3. The maximum atomic E-state index is 5.58. The fourth-order valence-electron chi connectivity index (χ4n) is 1.24. The van der Waals surface area contributed by atoms with Crippen molar-refractivity contribution in [3.63, 3.8) is 0 Å². The van der Waals surface area contributed by atoms with Crippen LogP contribution in [0.25, 0.3) is 11.5 Å². The number of aromatic nitrogens is 2. The quantitative estimate of drug-likeness (QED) is 0.776. The molecule has 0 saturated heterocycles. The van der Waals surface area contributed by atoms with E-state index in [4.69, 9.17) is 4.42 Å². The molecule has 1 aromatic carbocycles. The van der Waals surface area contributed by atoms with Crippen LogP contribution in [0.1, 0.15) is 24.1 Å². The van der Waals surface area contributed by atoms with Crippen LogP contribution in [0.3, 0.4) is 0 Å². The second kappa shape index (κ2) is 5.10. The van der Waals surface area contributed by atoms with Crippen molar-refractivity contribution in [1.82, 2.24) is 10.2 Å². The van der Waals surface area contributed by atoms with Gasteiger partial charge in [0.2, 0.25) is 11.8 Å². The van der Waals surface area contributed by atoms with E-state index < -0.39 is 0 Å². The van der Waals surface area contributed by atoms with Gasteiger partial charge in [-0.15, -0.1) is 10.2 Å². The zero-order valence-electron chi connectivity index (χ0n) is 8.65. The van der Waals surface area contributed by atoms with Gasteiger partial charge in [-0.3, -0.25) is 0 Å². The molecule has 1 aromatic heterocycles. The minimum absolute atomic E-state index is 0.129. The van der Waals surface area contributed by atoms with Gasteiger partial charge in [-0.05, 0) is 30.7 Å². The minimum atomic E-state index is 0.129. The van der Waals surface area contributed by atoms with Crippen LogP contribution in [0.4, 0.5) is 0 Å². The maximum absolute atomic E-state index is 5.58. The molecule has 1 unspecified atom stereocenters. The Labute approximate surface area is 111 Å². The average molecular weight is 346 g/mol. The van der Waals surface area contributed by atoms with Gasteiger partial charge in [0.1, 0.15) is 0 Å². The Morgan fingerprint density at radius 2 is 1.94 bits per heavy atom. The topological polar surface area (TPSA) is 38.9 Å². The van der Waals surface area contributed by atoms with E-state index in [0.29, 0.717) is 11.8 Å². The molecule has 84 valence electrons. The van der Waals surface area contributed by atoms with E-state index >= 15 is 0 Å². The number of halogens is 2. The van der Waals surface area contributed by atoms with Crippen LogP contribution in [0.2, 0.25) is 0 Å². The van der Waals surface area contributed by atoms with Gasteiger partial charge in [0.15, 0.2) is 0 Å². The lowest BCUT2D eigenvalue weighted by molar-refractivity contribution is 0.500. The zero-order chi connectivity index (χ0) is 11.5. The molecule has 0 fully saturated rings. The van der Waals surface area contributed by atoms with E-state index in [1.54, 1.807) is 0 Å². The normalized spacial score (nSPS) is 12.7. The van der Waals surface area contributed by atoms with Gasteiger partial charge in [-0.1, -0.05) is 38.8 Å². The molecule has 5 heteroatoms. The molecule has 0 N–H and O–H groups in total. The number of nitrogens with zero attached hydrogens (tertiary/aromatic N) is 2. The number of rotatable bonds is 3. The summed E-state index contributed by atoms with van der Waals surface area (Å²) in [5.74, 6) is 1.18. The summed E-state index contributed by atoms with van der Waals surface area (Å²) in [6.07, 6.45) is 0.919. The molecule has 3 nitrogen and oxygen atoms in total. The summed E-state index contributed by atoms with van der Waals surface area (Å²) in [7, 11) is 0. The molecule has 2 rings (SSSR count). The van der Waals surface area contributed by atoms with Crippen molar-refractivity contribution in [2.75, 3.05) is 0 Å². The van der Waals surface area contributed by atoms with Crippen molar-refractivity contribution in [2.45, 2.75) is 18.2 Å². The second-order valence-corrected chi connectivity index (χ2v) is 5.35. The lowest BCUT2D eigenvalue weighted by atomic mass is 10.2. The summed E-state index contributed by atoms with van der Waals surface area (Å²) in [4.78, 5) is 0.129. The summed E-state index contributed by atoms with van der Waals surface area (Å²) < 4.78 is 6.61. The van der Waals surface area contributed by atoms with E-state index in [1.165, 1.54) is 0 Å². The third-order valence-corrected chi connectivity index (χ3v) is 3.73. The molecule has 1 atom stereocenters. The van der Waals surface area contributed by atoms with Crippen molar-refractivity contribution in [2.24, 2.45) is 0 Å². The molecule has 0 radical (unpaired) electrons. The highest BCUT2D eigenvalue weighted by Crippen LogP contribution is 2.28. The molecule has 0 aliphatic rings. The monoisotopic (exact) mass is 344 g/mol. The Morgan fingerprint density at radius 1 is 1.25 bits per heavy atom. The summed E-state index contributed by atoms with van der Waals surface area (Å²) in [6.45, 7) is 2.06. The van der Waals surface area contributed by atoms with Crippen LogP contribution in [-0.4, -0.2) is 10.2 Å². The molecule has 16 heavy (non-hydrogen) atoms. The molecule has 0 amide bonds. The van der Waals surface area contributed by atoms with Crippen LogP contribution in [0, 0.1) is 0 Å². The van der Waals surface area contributed by atoms with Gasteiger partial charge in [-0.25, -0.2) is 0 Å². The van der Waals surface area contributed by atoms with Crippen molar-refractivity contribution in [3.05, 3.63) is 34.6 Å². The van der Waals surface area contributed by atoms with Crippen LogP contribution in [0.5, 0.6) is 0 Å². The molecule has 0 spiro atoms. The van der Waals surface area contributed by atoms with E-state index in [1.807, 2.05) is 24.3 Å². The van der Waals surface area contributed by atoms with E-state index in [0.717, 1.165) is 16.5 Å². The Kier molecular flexibility index (Phi) is 3.76. The van der Waals surface area contributed by atoms with Crippen LogP contribution in [0.15, 0.2) is 33.2 Å². The highest BCUT2D eigenvalue weighted by molar-refractivity contribution is 9.10. The molecule has 0 bridgehead atoms. The SMILES string of the molecule is CCC(Br)c1nnc(-c2ccc(Br)cc2)o1. The first-order valence-corrected chi connectivity index (χ1v) is 6.65. The Hall–Kier alpha value is -0.680. The van der Waals surface area contributed by atoms with Crippen molar-refractivity contribution < 1.29 is 4.42 Å². The minimum Gasteiger partial charge on any atom is -0.419 e. The predicted octanol–water partition coefficient (Wildman–Crippen LogP) is 4.35. The summed E-state index contributed by atoms with van der Waals surface area (Å²) >= 11 is 6.86. The predicted molar refractivity (Wildman–Crippen MR) is 69.4 cm³/mol. The first-order chi connectivity index (χ1) is 7.70. The molecular formula is C11H10Br2N2O. The molecule has 0 aliphatic carbocycles. The third-order valence-electron chi connectivity index (χ3n) is 2.16. The van der Waals surface area contributed by atoms with Gasteiger partial charge in [0, 0.05) is 10.0 Å². The van der Waals surface area contributed by atoms with Gasteiger partial charge in [-0.2, -0.15) is 0 Å². The number of hydrogen-bond acceptors (Lipinski definition) is 3. The summed E-state index contributed by atoms with van der Waals surface area (Å²) in [6, 6.07) is 7.78. The Balaban J connectivity index is 2.28. The fraction of sp³-hybridized carbons (Fsp3) is 0.273. The third kappa shape index (κ3) is 2.52. The molecule has 0 saturated carbocycles. The lowest BCUT2D eigenvalue weighted by Crippen LogP contribution is -1.86.